The maximum Gasteiger partial charge on any atom is 0.416 e. The number of carbonyl (C=O) groups excluding carboxylic acids is 1. The predicted molar refractivity (Wildman–Crippen MR) is 120 cm³/mol. The smallest absolute Gasteiger partial charge is 0.410 e. The number of hydrogen-bond acceptors (Lipinski definition) is 5. The highest BCUT2D eigenvalue weighted by Crippen LogP contribution is 2.33. The van der Waals surface area contributed by atoms with Crippen LogP contribution in [-0.4, -0.2) is 72.5 Å². The van der Waals surface area contributed by atoms with Gasteiger partial charge in [0, 0.05) is 26.7 Å². The molecule has 6 nitrogen and oxygen atoms in total. The van der Waals surface area contributed by atoms with E-state index in [0.717, 1.165) is 62.9 Å². The van der Waals surface area contributed by atoms with Crippen molar-refractivity contribution in [2.24, 2.45) is 11.8 Å². The molecule has 1 saturated carbocycles. The molecule has 188 valence electrons. The van der Waals surface area contributed by atoms with Crippen molar-refractivity contribution in [1.29, 1.82) is 0 Å². The van der Waals surface area contributed by atoms with E-state index in [1.54, 1.807) is 7.05 Å². The average molecular weight is 475 g/mol. The molecule has 1 fully saturated rings. The molecule has 0 radical (unpaired) electrons. The van der Waals surface area contributed by atoms with Crippen molar-refractivity contribution >= 4 is 6.09 Å². The van der Waals surface area contributed by atoms with E-state index in [9.17, 15) is 18.0 Å². The fourth-order valence-corrected chi connectivity index (χ4v) is 4.39. The zero-order valence-corrected chi connectivity index (χ0v) is 19.4. The van der Waals surface area contributed by atoms with Crippen LogP contribution in [0.1, 0.15) is 50.5 Å². The lowest BCUT2D eigenvalue weighted by atomic mass is 9.78. The van der Waals surface area contributed by atoms with E-state index in [-0.39, 0.29) is 19.0 Å². The first-order valence-corrected chi connectivity index (χ1v) is 11.8. The van der Waals surface area contributed by atoms with Gasteiger partial charge in [0.1, 0.15) is 5.75 Å². The van der Waals surface area contributed by atoms with Gasteiger partial charge in [-0.15, -0.1) is 0 Å². The Labute approximate surface area is 194 Å². The molecule has 33 heavy (non-hydrogen) atoms. The third-order valence-corrected chi connectivity index (χ3v) is 6.46. The molecule has 9 heteroatoms. The quantitative estimate of drug-likeness (QED) is 0.470. The van der Waals surface area contributed by atoms with Gasteiger partial charge in [0.2, 0.25) is 0 Å². The molecular weight excluding hydrogens is 437 g/mol. The van der Waals surface area contributed by atoms with Crippen molar-refractivity contribution in [3.63, 3.8) is 0 Å². The molecule has 0 unspecified atom stereocenters. The van der Waals surface area contributed by atoms with Crippen molar-refractivity contribution < 1.29 is 32.9 Å². The summed E-state index contributed by atoms with van der Waals surface area (Å²) < 4.78 is 43.1. The van der Waals surface area contributed by atoms with Gasteiger partial charge in [-0.2, -0.15) is 13.2 Å². The number of rotatable bonds is 12. The van der Waals surface area contributed by atoms with Gasteiger partial charge in [-0.05, 0) is 61.9 Å². The Morgan fingerprint density at radius 2 is 1.48 bits per heavy atom. The first-order chi connectivity index (χ1) is 15.7. The minimum atomic E-state index is -4.42. The summed E-state index contributed by atoms with van der Waals surface area (Å²) in [6.45, 7) is 2.86. The van der Waals surface area contributed by atoms with Gasteiger partial charge in [0.25, 0.3) is 0 Å². The topological polar surface area (TPSA) is 73.2 Å². The molecule has 0 atom stereocenters. The SMILES string of the molecule is CN(CCC1CCC(CCCN(CCO)CCO)CC1)C(=O)Oc1ccc(C(F)(F)F)cc1. The summed E-state index contributed by atoms with van der Waals surface area (Å²) in [5.41, 5.74) is -0.779. The standard InChI is InChI=1S/C24H37F3N2O4/c1-28(23(32)33-22-10-8-21(9-11-22)24(25,26)27)14-12-20-6-4-19(5-7-20)3-2-13-29(15-17-30)16-18-31/h8-11,19-20,30-31H,2-7,12-18H2,1H3. The zero-order chi connectivity index (χ0) is 24.3. The van der Waals surface area contributed by atoms with Crippen LogP contribution in [0, 0.1) is 11.8 Å². The molecule has 1 aromatic rings. The molecule has 2 N–H and O–H groups in total. The first kappa shape index (κ1) is 27.4. The highest BCUT2D eigenvalue weighted by Gasteiger charge is 2.30. The number of amides is 1. The van der Waals surface area contributed by atoms with Gasteiger partial charge >= 0.3 is 12.3 Å². The maximum atomic E-state index is 12.6. The molecule has 0 spiro atoms. The normalized spacial score (nSPS) is 19.0. The van der Waals surface area contributed by atoms with Gasteiger partial charge in [0.15, 0.2) is 0 Å². The van der Waals surface area contributed by atoms with Gasteiger partial charge in [-0.1, -0.05) is 25.7 Å². The second-order valence-electron chi connectivity index (χ2n) is 8.92. The Hall–Kier alpha value is -1.84. The van der Waals surface area contributed by atoms with Crippen LogP contribution in [-0.2, 0) is 6.18 Å². The molecule has 0 aliphatic heterocycles. The van der Waals surface area contributed by atoms with E-state index < -0.39 is 17.8 Å². The summed E-state index contributed by atoms with van der Waals surface area (Å²) in [6.07, 6.45) is 2.71. The number of alkyl halides is 3. The largest absolute Gasteiger partial charge is 0.416 e. The number of ether oxygens (including phenoxy) is 1. The van der Waals surface area contributed by atoms with Crippen LogP contribution in [0.25, 0.3) is 0 Å². The molecule has 2 rings (SSSR count). The summed E-state index contributed by atoms with van der Waals surface area (Å²) in [7, 11) is 1.64. The summed E-state index contributed by atoms with van der Waals surface area (Å²) >= 11 is 0. The minimum absolute atomic E-state index is 0.0944. The lowest BCUT2D eigenvalue weighted by Crippen LogP contribution is -2.32. The average Bonchev–Trinajstić information content (AvgIpc) is 2.78. The maximum absolute atomic E-state index is 12.6. The monoisotopic (exact) mass is 474 g/mol. The van der Waals surface area contributed by atoms with Crippen molar-refractivity contribution in [1.82, 2.24) is 9.80 Å². The second-order valence-corrected chi connectivity index (χ2v) is 8.92. The van der Waals surface area contributed by atoms with Gasteiger partial charge in [-0.3, -0.25) is 4.90 Å². The van der Waals surface area contributed by atoms with E-state index in [2.05, 4.69) is 4.90 Å². The number of hydrogen-bond donors (Lipinski definition) is 2. The van der Waals surface area contributed by atoms with Crippen molar-refractivity contribution in [2.75, 3.05) is 46.4 Å². The first-order valence-electron chi connectivity index (χ1n) is 11.8. The Bertz CT molecular complexity index is 686. The lowest BCUT2D eigenvalue weighted by molar-refractivity contribution is -0.137. The Balaban J connectivity index is 1.64. The molecule has 1 aromatic carbocycles. The molecule has 1 aliphatic carbocycles. The Morgan fingerprint density at radius 1 is 0.939 bits per heavy atom. The van der Waals surface area contributed by atoms with Crippen LogP contribution in [0.3, 0.4) is 0 Å². The van der Waals surface area contributed by atoms with E-state index in [1.807, 2.05) is 0 Å². The van der Waals surface area contributed by atoms with Crippen molar-refractivity contribution in [3.8, 4) is 5.75 Å². The highest BCUT2D eigenvalue weighted by atomic mass is 19.4. The van der Waals surface area contributed by atoms with E-state index in [1.165, 1.54) is 17.7 Å². The zero-order valence-electron chi connectivity index (χ0n) is 19.4. The van der Waals surface area contributed by atoms with Crippen molar-refractivity contribution in [2.45, 2.75) is 51.1 Å². The Morgan fingerprint density at radius 3 is 2.00 bits per heavy atom. The van der Waals surface area contributed by atoms with E-state index in [0.29, 0.717) is 31.5 Å². The number of aliphatic hydroxyl groups excluding tert-OH is 2. The van der Waals surface area contributed by atoms with Crippen LogP contribution < -0.4 is 4.74 Å². The van der Waals surface area contributed by atoms with Gasteiger partial charge in [0.05, 0.1) is 18.8 Å². The number of nitrogens with zero attached hydrogens (tertiary/aromatic N) is 2. The Kier molecular flexibility index (Phi) is 11.4. The number of carbonyl (C=O) groups is 1. The predicted octanol–water partition coefficient (Wildman–Crippen LogP) is 4.40. The van der Waals surface area contributed by atoms with Gasteiger partial charge < -0.3 is 19.8 Å². The molecule has 0 aromatic heterocycles. The molecule has 0 heterocycles. The van der Waals surface area contributed by atoms with Gasteiger partial charge in [-0.25, -0.2) is 4.79 Å². The van der Waals surface area contributed by atoms with Crippen LogP contribution >= 0.6 is 0 Å². The number of halogens is 3. The van der Waals surface area contributed by atoms with Crippen LogP contribution in [0.15, 0.2) is 24.3 Å². The van der Waals surface area contributed by atoms with E-state index in [4.69, 9.17) is 14.9 Å². The third kappa shape index (κ3) is 9.90. The fraction of sp³-hybridized carbons (Fsp3) is 0.708. The third-order valence-electron chi connectivity index (χ3n) is 6.46. The summed E-state index contributed by atoms with van der Waals surface area (Å²) in [5, 5.41) is 18.2. The summed E-state index contributed by atoms with van der Waals surface area (Å²) in [4.78, 5) is 15.8. The highest BCUT2D eigenvalue weighted by molar-refractivity contribution is 5.70. The van der Waals surface area contributed by atoms with Crippen LogP contribution in [0.5, 0.6) is 5.75 Å². The summed E-state index contributed by atoms with van der Waals surface area (Å²) in [6, 6.07) is 4.11. The fourth-order valence-electron chi connectivity index (χ4n) is 4.39. The number of benzene rings is 1. The van der Waals surface area contributed by atoms with Crippen molar-refractivity contribution in [3.05, 3.63) is 29.8 Å². The molecule has 0 bridgehead atoms. The minimum Gasteiger partial charge on any atom is -0.410 e. The second kappa shape index (κ2) is 13.8. The lowest BCUT2D eigenvalue weighted by Gasteiger charge is -2.30. The molecule has 0 saturated heterocycles. The molecule has 1 aliphatic rings. The molecule has 1 amide bonds. The summed E-state index contributed by atoms with van der Waals surface area (Å²) in [5.74, 6) is 1.36. The van der Waals surface area contributed by atoms with Crippen LogP contribution in [0.4, 0.5) is 18.0 Å². The molecular formula is C24H37F3N2O4. The number of aliphatic hydroxyl groups is 2. The van der Waals surface area contributed by atoms with Crippen LogP contribution in [0.2, 0.25) is 0 Å². The van der Waals surface area contributed by atoms with E-state index >= 15 is 0 Å².